The summed E-state index contributed by atoms with van der Waals surface area (Å²) in [5, 5.41) is 2.91. The third-order valence-electron chi connectivity index (χ3n) is 4.59. The Morgan fingerprint density at radius 3 is 2.34 bits per heavy atom. The average molecular weight is 475 g/mol. The van der Waals surface area contributed by atoms with Crippen molar-refractivity contribution in [2.75, 3.05) is 18.4 Å². The number of carbonyl (C=O) groups is 1. The molecule has 3 aromatic carbocycles. The van der Waals surface area contributed by atoms with Crippen LogP contribution in [0.4, 0.5) is 5.69 Å². The van der Waals surface area contributed by atoms with Crippen LogP contribution in [0.3, 0.4) is 0 Å². The predicted molar refractivity (Wildman–Crippen MR) is 124 cm³/mol. The van der Waals surface area contributed by atoms with E-state index < -0.39 is 10.0 Å². The van der Waals surface area contributed by atoms with Gasteiger partial charge < -0.3 is 14.8 Å². The Labute approximate surface area is 192 Å². The Bertz CT molecular complexity index is 1170. The van der Waals surface area contributed by atoms with E-state index in [4.69, 9.17) is 21.1 Å². The van der Waals surface area contributed by atoms with E-state index in [1.165, 1.54) is 18.2 Å². The van der Waals surface area contributed by atoms with Gasteiger partial charge in [-0.05, 0) is 55.0 Å². The van der Waals surface area contributed by atoms with Crippen LogP contribution in [0.25, 0.3) is 0 Å². The first-order valence-corrected chi connectivity index (χ1v) is 11.6. The van der Waals surface area contributed by atoms with Gasteiger partial charge in [-0.2, -0.15) is 0 Å². The molecule has 0 aliphatic heterocycles. The molecule has 0 radical (unpaired) electrons. The maximum Gasteiger partial charge on any atom is 0.261 e. The van der Waals surface area contributed by atoms with Crippen molar-refractivity contribution < 1.29 is 22.7 Å². The molecule has 0 heterocycles. The Balaban J connectivity index is 1.58. The highest BCUT2D eigenvalue weighted by atomic mass is 35.5. The Morgan fingerprint density at radius 2 is 1.72 bits per heavy atom. The minimum atomic E-state index is -3.81. The number of sulfonamides is 1. The van der Waals surface area contributed by atoms with E-state index in [9.17, 15) is 13.2 Å². The zero-order valence-corrected chi connectivity index (χ0v) is 19.1. The van der Waals surface area contributed by atoms with Crippen molar-refractivity contribution >= 4 is 33.2 Å². The molecule has 0 fully saturated rings. The first-order chi connectivity index (χ1) is 15.3. The second kappa shape index (κ2) is 10.4. The molecule has 1 unspecified atom stereocenters. The first-order valence-electron chi connectivity index (χ1n) is 9.72. The van der Waals surface area contributed by atoms with Crippen molar-refractivity contribution in [2.24, 2.45) is 0 Å². The van der Waals surface area contributed by atoms with Crippen LogP contribution in [0.5, 0.6) is 11.5 Å². The first kappa shape index (κ1) is 23.4. The summed E-state index contributed by atoms with van der Waals surface area (Å²) in [7, 11) is -2.23. The number of hydrogen-bond acceptors (Lipinski definition) is 5. The highest BCUT2D eigenvalue weighted by Crippen LogP contribution is 2.28. The van der Waals surface area contributed by atoms with E-state index in [1.54, 1.807) is 37.4 Å². The van der Waals surface area contributed by atoms with Gasteiger partial charge >= 0.3 is 0 Å². The minimum absolute atomic E-state index is 0.0173. The molecule has 0 bridgehead atoms. The summed E-state index contributed by atoms with van der Waals surface area (Å²) in [6.45, 7) is 1.58. The van der Waals surface area contributed by atoms with Crippen LogP contribution in [-0.2, 0) is 14.8 Å². The summed E-state index contributed by atoms with van der Waals surface area (Å²) in [6.07, 6.45) is 0. The van der Waals surface area contributed by atoms with Crippen molar-refractivity contribution in [3.63, 3.8) is 0 Å². The molecule has 3 rings (SSSR count). The molecule has 0 aliphatic carbocycles. The molecule has 1 amide bonds. The molecule has 2 N–H and O–H groups in total. The third kappa shape index (κ3) is 6.15. The van der Waals surface area contributed by atoms with Gasteiger partial charge in [0.25, 0.3) is 15.9 Å². The van der Waals surface area contributed by atoms with Gasteiger partial charge in [0.05, 0.1) is 23.1 Å². The molecule has 9 heteroatoms. The van der Waals surface area contributed by atoms with Gasteiger partial charge in [-0.25, -0.2) is 8.42 Å². The number of benzene rings is 3. The number of carbonyl (C=O) groups excluding carboxylic acids is 1. The lowest BCUT2D eigenvalue weighted by atomic mass is 10.1. The molecule has 7 nitrogen and oxygen atoms in total. The summed E-state index contributed by atoms with van der Waals surface area (Å²) in [5.41, 5.74) is 1.35. The molecule has 1 atom stereocenters. The fourth-order valence-corrected chi connectivity index (χ4v) is 4.27. The summed E-state index contributed by atoms with van der Waals surface area (Å²) in [5.74, 6) is 0.596. The Kier molecular flexibility index (Phi) is 7.61. The largest absolute Gasteiger partial charge is 0.497 e. The molecule has 0 spiro atoms. The van der Waals surface area contributed by atoms with Crippen molar-refractivity contribution in [1.82, 2.24) is 5.32 Å². The summed E-state index contributed by atoms with van der Waals surface area (Å²) < 4.78 is 38.2. The lowest BCUT2D eigenvalue weighted by Gasteiger charge is -2.16. The number of halogens is 1. The molecule has 0 aliphatic rings. The number of ether oxygens (including phenoxy) is 2. The molecule has 32 heavy (non-hydrogen) atoms. The number of amides is 1. The second-order valence-electron chi connectivity index (χ2n) is 6.91. The highest BCUT2D eigenvalue weighted by Gasteiger charge is 2.17. The average Bonchev–Trinajstić information content (AvgIpc) is 2.78. The lowest BCUT2D eigenvalue weighted by molar-refractivity contribution is -0.123. The van der Waals surface area contributed by atoms with Crippen molar-refractivity contribution in [2.45, 2.75) is 17.9 Å². The number of anilines is 1. The van der Waals surface area contributed by atoms with Crippen LogP contribution in [-0.4, -0.2) is 28.0 Å². The highest BCUT2D eigenvalue weighted by molar-refractivity contribution is 7.92. The van der Waals surface area contributed by atoms with Crippen molar-refractivity contribution in [3.05, 3.63) is 83.4 Å². The van der Waals surface area contributed by atoms with E-state index in [0.717, 1.165) is 11.3 Å². The summed E-state index contributed by atoms with van der Waals surface area (Å²) in [6, 6.07) is 19.7. The Hall–Kier alpha value is -3.23. The molecule has 168 valence electrons. The van der Waals surface area contributed by atoms with Crippen LogP contribution >= 0.6 is 11.6 Å². The normalized spacial score (nSPS) is 12.0. The zero-order chi connectivity index (χ0) is 23.1. The van der Waals surface area contributed by atoms with Crippen LogP contribution in [0.15, 0.2) is 77.7 Å². The van der Waals surface area contributed by atoms with Crippen LogP contribution in [0, 0.1) is 0 Å². The monoisotopic (exact) mass is 474 g/mol. The van der Waals surface area contributed by atoms with E-state index in [1.807, 2.05) is 31.2 Å². The van der Waals surface area contributed by atoms with Gasteiger partial charge in [0.15, 0.2) is 6.61 Å². The Morgan fingerprint density at radius 1 is 1.03 bits per heavy atom. The maximum atomic E-state index is 12.5. The van der Waals surface area contributed by atoms with Gasteiger partial charge in [0.2, 0.25) is 0 Å². The number of rotatable bonds is 9. The predicted octanol–water partition coefficient (Wildman–Crippen LogP) is 4.41. The number of nitrogens with one attached hydrogen (secondary N) is 2. The topological polar surface area (TPSA) is 93.7 Å². The van der Waals surface area contributed by atoms with Crippen molar-refractivity contribution in [3.8, 4) is 11.5 Å². The number of hydrogen-bond donors (Lipinski definition) is 2. The smallest absolute Gasteiger partial charge is 0.261 e. The van der Waals surface area contributed by atoms with Gasteiger partial charge in [-0.3, -0.25) is 9.52 Å². The zero-order valence-electron chi connectivity index (χ0n) is 17.5. The fourth-order valence-electron chi connectivity index (χ4n) is 2.89. The molecular weight excluding hydrogens is 452 g/mol. The quantitative estimate of drug-likeness (QED) is 0.479. The summed E-state index contributed by atoms with van der Waals surface area (Å²) >= 11 is 6.19. The maximum absolute atomic E-state index is 12.5. The third-order valence-corrected chi connectivity index (χ3v) is 6.27. The van der Waals surface area contributed by atoms with E-state index in [2.05, 4.69) is 10.0 Å². The van der Waals surface area contributed by atoms with Crippen LogP contribution in [0.1, 0.15) is 18.5 Å². The second-order valence-corrected chi connectivity index (χ2v) is 9.00. The van der Waals surface area contributed by atoms with Gasteiger partial charge in [-0.15, -0.1) is 0 Å². The number of methoxy groups -OCH3 is 1. The summed E-state index contributed by atoms with van der Waals surface area (Å²) in [4.78, 5) is 12.2. The molecular formula is C23H23ClN2O5S. The molecule has 0 aromatic heterocycles. The van der Waals surface area contributed by atoms with Gasteiger partial charge in [-0.1, -0.05) is 41.9 Å². The van der Waals surface area contributed by atoms with Crippen molar-refractivity contribution in [1.29, 1.82) is 0 Å². The molecule has 3 aromatic rings. The van der Waals surface area contributed by atoms with Gasteiger partial charge in [0.1, 0.15) is 11.5 Å². The van der Waals surface area contributed by atoms with Gasteiger partial charge in [0, 0.05) is 5.69 Å². The number of para-hydroxylation sites is 1. The van der Waals surface area contributed by atoms with Crippen LogP contribution in [0.2, 0.25) is 5.02 Å². The lowest BCUT2D eigenvalue weighted by Crippen LogP contribution is -2.31. The van der Waals surface area contributed by atoms with E-state index in [0.29, 0.717) is 5.69 Å². The molecule has 0 saturated heterocycles. The fraction of sp³-hybridized carbons (Fsp3) is 0.174. The minimum Gasteiger partial charge on any atom is -0.497 e. The SMILES string of the molecule is COc1ccc(C(C)NC(=O)COc2ccc(S(=O)(=O)Nc3ccccc3)cc2Cl)cc1. The standard InChI is InChI=1S/C23H23ClN2O5S/c1-16(17-8-10-19(30-2)11-9-17)25-23(27)15-31-22-13-12-20(14-21(22)24)32(28,29)26-18-6-4-3-5-7-18/h3-14,16,26H,15H2,1-2H3,(H,25,27). The molecule has 0 saturated carbocycles. The van der Waals surface area contributed by atoms with Crippen LogP contribution < -0.4 is 19.5 Å². The van der Waals surface area contributed by atoms with E-state index >= 15 is 0 Å². The van der Waals surface area contributed by atoms with E-state index in [-0.39, 0.29) is 34.2 Å².